The highest BCUT2D eigenvalue weighted by atomic mass is 32.2. The molecule has 10 nitrogen and oxygen atoms in total. The van der Waals surface area contributed by atoms with Crippen LogP contribution in [0.1, 0.15) is 10.4 Å². The quantitative estimate of drug-likeness (QED) is 0.381. The molecule has 0 atom stereocenters. The number of nitrogens with zero attached hydrogens (tertiary/aromatic N) is 1. The van der Waals surface area contributed by atoms with Gasteiger partial charge in [-0.3, -0.25) is 9.59 Å². The summed E-state index contributed by atoms with van der Waals surface area (Å²) in [5.74, 6) is 0.658. The Labute approximate surface area is 199 Å². The molecule has 4 N–H and O–H groups in total. The van der Waals surface area contributed by atoms with Gasteiger partial charge in [-0.15, -0.1) is 0 Å². The fourth-order valence-electron chi connectivity index (χ4n) is 3.01. The van der Waals surface area contributed by atoms with Crippen molar-refractivity contribution in [2.24, 2.45) is 0 Å². The van der Waals surface area contributed by atoms with Gasteiger partial charge in [-0.1, -0.05) is 11.8 Å². The number of rotatable bonds is 7. The number of fused-ring (bicyclic) bond motifs is 1. The maximum absolute atomic E-state index is 12.8. The number of anilines is 3. The standard InChI is InChI=1S/C23H21N5O5S/c1-24-23(31)28-15-6-4-14(5-7-15)27-21(30)17-3-2-10-25-22(17)34-12-20(29)26-16-8-9-18-19(11-16)33-13-32-18/h2-11H,12-13H2,1H3,(H,26,29)(H,27,30)(H2,24,28,31). The summed E-state index contributed by atoms with van der Waals surface area (Å²) >= 11 is 1.16. The molecule has 4 rings (SSSR count). The van der Waals surface area contributed by atoms with E-state index in [0.717, 1.165) is 11.8 Å². The Morgan fingerprint density at radius 2 is 1.62 bits per heavy atom. The number of hydrogen-bond acceptors (Lipinski definition) is 7. The summed E-state index contributed by atoms with van der Waals surface area (Å²) in [4.78, 5) is 40.9. The topological polar surface area (TPSA) is 131 Å². The molecule has 0 saturated heterocycles. The first-order valence-corrected chi connectivity index (χ1v) is 11.2. The van der Waals surface area contributed by atoms with Crippen molar-refractivity contribution < 1.29 is 23.9 Å². The van der Waals surface area contributed by atoms with Gasteiger partial charge in [0.05, 0.1) is 11.3 Å². The van der Waals surface area contributed by atoms with E-state index in [9.17, 15) is 14.4 Å². The van der Waals surface area contributed by atoms with Gasteiger partial charge in [-0.25, -0.2) is 9.78 Å². The molecule has 0 saturated carbocycles. The molecule has 0 spiro atoms. The van der Waals surface area contributed by atoms with E-state index < -0.39 is 0 Å². The number of hydrogen-bond donors (Lipinski definition) is 4. The van der Waals surface area contributed by atoms with Gasteiger partial charge < -0.3 is 30.7 Å². The van der Waals surface area contributed by atoms with Gasteiger partial charge in [0, 0.05) is 36.4 Å². The summed E-state index contributed by atoms with van der Waals surface area (Å²) in [6.07, 6.45) is 1.56. The summed E-state index contributed by atoms with van der Waals surface area (Å²) in [7, 11) is 1.52. The maximum atomic E-state index is 12.8. The minimum atomic E-state index is -0.362. The van der Waals surface area contributed by atoms with Crippen LogP contribution in [0, 0.1) is 0 Å². The highest BCUT2D eigenvalue weighted by Crippen LogP contribution is 2.34. The van der Waals surface area contributed by atoms with Crippen LogP contribution in [0.25, 0.3) is 0 Å². The van der Waals surface area contributed by atoms with E-state index in [4.69, 9.17) is 9.47 Å². The molecule has 4 amide bonds. The molecular weight excluding hydrogens is 458 g/mol. The van der Waals surface area contributed by atoms with Crippen LogP contribution >= 0.6 is 11.8 Å². The van der Waals surface area contributed by atoms with Gasteiger partial charge in [0.15, 0.2) is 11.5 Å². The molecular formula is C23H21N5O5S. The Morgan fingerprint density at radius 1 is 0.912 bits per heavy atom. The largest absolute Gasteiger partial charge is 0.454 e. The Hall–Kier alpha value is -4.25. The summed E-state index contributed by atoms with van der Waals surface area (Å²) in [6, 6.07) is 14.8. The molecule has 0 fully saturated rings. The zero-order valence-electron chi connectivity index (χ0n) is 18.1. The van der Waals surface area contributed by atoms with Crippen molar-refractivity contribution in [1.82, 2.24) is 10.3 Å². The van der Waals surface area contributed by atoms with E-state index in [1.54, 1.807) is 60.8 Å². The average molecular weight is 480 g/mol. The Balaban J connectivity index is 1.35. The van der Waals surface area contributed by atoms with Crippen LogP contribution < -0.4 is 30.7 Å². The highest BCUT2D eigenvalue weighted by molar-refractivity contribution is 8.00. The Kier molecular flexibility index (Phi) is 7.13. The van der Waals surface area contributed by atoms with E-state index in [2.05, 4.69) is 26.3 Å². The Morgan fingerprint density at radius 3 is 2.38 bits per heavy atom. The average Bonchev–Trinajstić information content (AvgIpc) is 3.32. The lowest BCUT2D eigenvalue weighted by Gasteiger charge is -2.10. The van der Waals surface area contributed by atoms with Crippen molar-refractivity contribution in [3.63, 3.8) is 0 Å². The molecule has 3 aromatic rings. The smallest absolute Gasteiger partial charge is 0.318 e. The zero-order chi connectivity index (χ0) is 23.9. The lowest BCUT2D eigenvalue weighted by Crippen LogP contribution is -2.24. The van der Waals surface area contributed by atoms with Crippen molar-refractivity contribution >= 4 is 46.7 Å². The van der Waals surface area contributed by atoms with E-state index in [-0.39, 0.29) is 30.4 Å². The molecule has 1 aliphatic heterocycles. The monoisotopic (exact) mass is 479 g/mol. The lowest BCUT2D eigenvalue weighted by molar-refractivity contribution is -0.113. The normalized spacial score (nSPS) is 11.4. The highest BCUT2D eigenvalue weighted by Gasteiger charge is 2.16. The van der Waals surface area contributed by atoms with Crippen molar-refractivity contribution in [3.8, 4) is 11.5 Å². The summed E-state index contributed by atoms with van der Waals surface area (Å²) in [5, 5.41) is 11.1. The van der Waals surface area contributed by atoms with Gasteiger partial charge in [0.25, 0.3) is 5.91 Å². The second kappa shape index (κ2) is 10.6. The van der Waals surface area contributed by atoms with Crippen LogP contribution in [-0.4, -0.2) is 42.4 Å². The van der Waals surface area contributed by atoms with E-state index in [0.29, 0.717) is 39.2 Å². The van der Waals surface area contributed by atoms with Crippen molar-refractivity contribution in [1.29, 1.82) is 0 Å². The molecule has 11 heteroatoms. The number of aromatic nitrogens is 1. The molecule has 0 aliphatic carbocycles. The first-order chi connectivity index (χ1) is 16.5. The molecule has 2 heterocycles. The minimum Gasteiger partial charge on any atom is -0.454 e. The summed E-state index contributed by atoms with van der Waals surface area (Å²) in [5.41, 5.74) is 2.07. The Bertz CT molecular complexity index is 1220. The van der Waals surface area contributed by atoms with Gasteiger partial charge in [0.2, 0.25) is 12.7 Å². The number of carbonyl (C=O) groups is 3. The third-order valence-electron chi connectivity index (χ3n) is 4.64. The molecule has 1 aromatic heterocycles. The predicted molar refractivity (Wildman–Crippen MR) is 129 cm³/mol. The van der Waals surface area contributed by atoms with Crippen LogP contribution in [0.5, 0.6) is 11.5 Å². The van der Waals surface area contributed by atoms with E-state index in [1.165, 1.54) is 7.05 Å². The van der Waals surface area contributed by atoms with Crippen LogP contribution in [0.3, 0.4) is 0 Å². The SMILES string of the molecule is CNC(=O)Nc1ccc(NC(=O)c2cccnc2SCC(=O)Nc2ccc3c(c2)OCO3)cc1. The molecule has 2 aromatic carbocycles. The van der Waals surface area contributed by atoms with Crippen LogP contribution in [0.15, 0.2) is 65.8 Å². The number of ether oxygens (including phenoxy) is 2. The van der Waals surface area contributed by atoms with Gasteiger partial charge in [-0.05, 0) is 48.5 Å². The van der Waals surface area contributed by atoms with Gasteiger partial charge in [-0.2, -0.15) is 0 Å². The molecule has 34 heavy (non-hydrogen) atoms. The number of urea groups is 1. The third-order valence-corrected chi connectivity index (χ3v) is 5.65. The van der Waals surface area contributed by atoms with E-state index in [1.807, 2.05) is 0 Å². The number of amides is 4. The second-order valence-electron chi connectivity index (χ2n) is 7.00. The lowest BCUT2D eigenvalue weighted by atomic mass is 10.2. The molecule has 1 aliphatic rings. The number of benzene rings is 2. The minimum absolute atomic E-state index is 0.0611. The fourth-order valence-corrected chi connectivity index (χ4v) is 3.80. The summed E-state index contributed by atoms with van der Waals surface area (Å²) in [6.45, 7) is 0.157. The summed E-state index contributed by atoms with van der Waals surface area (Å²) < 4.78 is 10.6. The number of carbonyl (C=O) groups excluding carboxylic acids is 3. The van der Waals surface area contributed by atoms with Crippen molar-refractivity contribution in [2.75, 3.05) is 35.5 Å². The van der Waals surface area contributed by atoms with E-state index >= 15 is 0 Å². The fraction of sp³-hybridized carbons (Fsp3) is 0.130. The number of pyridine rings is 1. The zero-order valence-corrected chi connectivity index (χ0v) is 18.9. The molecule has 0 unspecified atom stereocenters. The molecule has 174 valence electrons. The van der Waals surface area contributed by atoms with Gasteiger partial charge >= 0.3 is 6.03 Å². The van der Waals surface area contributed by atoms with Crippen LogP contribution in [0.2, 0.25) is 0 Å². The van der Waals surface area contributed by atoms with Crippen molar-refractivity contribution in [3.05, 3.63) is 66.4 Å². The molecule has 0 radical (unpaired) electrons. The van der Waals surface area contributed by atoms with Gasteiger partial charge in [0.1, 0.15) is 5.03 Å². The number of thioether (sulfide) groups is 1. The van der Waals surface area contributed by atoms with Crippen LogP contribution in [0.4, 0.5) is 21.9 Å². The van der Waals surface area contributed by atoms with Crippen LogP contribution in [-0.2, 0) is 4.79 Å². The number of nitrogens with one attached hydrogen (secondary N) is 4. The maximum Gasteiger partial charge on any atom is 0.318 e. The third kappa shape index (κ3) is 5.75. The predicted octanol–water partition coefficient (Wildman–Crippen LogP) is 3.54. The first kappa shape index (κ1) is 22.9. The molecule has 0 bridgehead atoms. The first-order valence-electron chi connectivity index (χ1n) is 10.2. The second-order valence-corrected chi connectivity index (χ2v) is 7.96. The van der Waals surface area contributed by atoms with Crippen molar-refractivity contribution in [2.45, 2.75) is 5.03 Å².